The van der Waals surface area contributed by atoms with Crippen molar-refractivity contribution in [3.8, 4) is 33.6 Å². The SMILES string of the molecule is Cc1ccc2c(c1)C1(c3ccccc3-c3ccccc31)c1cc(-c3nnc4c5ccccc5ccn34)ccc1-2. The second-order valence-electron chi connectivity index (χ2n) is 10.8. The zero-order chi connectivity index (χ0) is 25.7. The molecular weight excluding hydrogens is 474 g/mol. The van der Waals surface area contributed by atoms with Crippen LogP contribution in [0.5, 0.6) is 0 Å². The van der Waals surface area contributed by atoms with Gasteiger partial charge >= 0.3 is 0 Å². The van der Waals surface area contributed by atoms with Crippen molar-refractivity contribution < 1.29 is 0 Å². The van der Waals surface area contributed by atoms with E-state index < -0.39 is 0 Å². The molecule has 0 amide bonds. The van der Waals surface area contributed by atoms with E-state index >= 15 is 0 Å². The lowest BCUT2D eigenvalue weighted by Crippen LogP contribution is -2.26. The lowest BCUT2D eigenvalue weighted by atomic mass is 9.70. The van der Waals surface area contributed by atoms with Crippen molar-refractivity contribution in [1.82, 2.24) is 14.6 Å². The molecule has 0 aliphatic heterocycles. The second-order valence-corrected chi connectivity index (χ2v) is 10.8. The molecule has 1 spiro atoms. The van der Waals surface area contributed by atoms with Crippen molar-refractivity contribution in [3.63, 3.8) is 0 Å². The van der Waals surface area contributed by atoms with Gasteiger partial charge in [0.15, 0.2) is 11.5 Å². The topological polar surface area (TPSA) is 30.2 Å². The number of fused-ring (bicyclic) bond motifs is 13. The summed E-state index contributed by atoms with van der Waals surface area (Å²) in [6.07, 6.45) is 2.09. The molecule has 0 unspecified atom stereocenters. The zero-order valence-electron chi connectivity index (χ0n) is 21.4. The third kappa shape index (κ3) is 2.52. The van der Waals surface area contributed by atoms with Crippen molar-refractivity contribution in [2.45, 2.75) is 12.3 Å². The van der Waals surface area contributed by atoms with Crippen LogP contribution in [0.4, 0.5) is 0 Å². The van der Waals surface area contributed by atoms with Gasteiger partial charge < -0.3 is 0 Å². The van der Waals surface area contributed by atoms with E-state index in [-0.39, 0.29) is 5.41 Å². The van der Waals surface area contributed by atoms with Crippen LogP contribution in [0.1, 0.15) is 27.8 Å². The molecule has 0 fully saturated rings. The molecule has 2 aromatic heterocycles. The molecule has 182 valence electrons. The first kappa shape index (κ1) is 21.0. The third-order valence-corrected chi connectivity index (χ3v) is 8.80. The monoisotopic (exact) mass is 497 g/mol. The van der Waals surface area contributed by atoms with Gasteiger partial charge in [-0.2, -0.15) is 0 Å². The summed E-state index contributed by atoms with van der Waals surface area (Å²) in [6, 6.07) is 42.2. The fraction of sp³-hybridized carbons (Fsp3) is 0.0556. The predicted molar refractivity (Wildman–Crippen MR) is 157 cm³/mol. The maximum atomic E-state index is 4.72. The van der Waals surface area contributed by atoms with Gasteiger partial charge in [0.05, 0.1) is 5.41 Å². The van der Waals surface area contributed by atoms with E-state index in [0.29, 0.717) is 0 Å². The van der Waals surface area contributed by atoms with Crippen LogP contribution in [0.15, 0.2) is 121 Å². The molecule has 39 heavy (non-hydrogen) atoms. The highest BCUT2D eigenvalue weighted by Gasteiger charge is 2.51. The average Bonchev–Trinajstić information content (AvgIpc) is 3.64. The molecule has 3 nitrogen and oxygen atoms in total. The van der Waals surface area contributed by atoms with Crippen LogP contribution in [-0.4, -0.2) is 14.6 Å². The Balaban J connectivity index is 1.38. The van der Waals surface area contributed by atoms with Gasteiger partial charge in [0.1, 0.15) is 0 Å². The molecule has 0 saturated heterocycles. The number of rotatable bonds is 1. The number of benzene rings is 5. The highest BCUT2D eigenvalue weighted by atomic mass is 15.2. The molecule has 0 radical (unpaired) electrons. The van der Waals surface area contributed by atoms with E-state index in [9.17, 15) is 0 Å². The largest absolute Gasteiger partial charge is 0.282 e. The van der Waals surface area contributed by atoms with Gasteiger partial charge in [0.2, 0.25) is 0 Å². The van der Waals surface area contributed by atoms with Crippen LogP contribution in [0.2, 0.25) is 0 Å². The molecule has 7 aromatic rings. The number of nitrogens with zero attached hydrogens (tertiary/aromatic N) is 3. The van der Waals surface area contributed by atoms with Crippen molar-refractivity contribution in [2.75, 3.05) is 0 Å². The molecule has 5 aromatic carbocycles. The molecule has 0 atom stereocenters. The van der Waals surface area contributed by atoms with Gasteiger partial charge in [-0.15, -0.1) is 10.2 Å². The molecule has 0 N–H and O–H groups in total. The minimum Gasteiger partial charge on any atom is -0.282 e. The summed E-state index contributed by atoms with van der Waals surface area (Å²) >= 11 is 0. The third-order valence-electron chi connectivity index (χ3n) is 8.80. The van der Waals surface area contributed by atoms with Crippen LogP contribution in [0, 0.1) is 6.92 Å². The molecule has 2 aliphatic rings. The minimum atomic E-state index is -0.368. The van der Waals surface area contributed by atoms with E-state index in [4.69, 9.17) is 5.10 Å². The Kier molecular flexibility index (Phi) is 3.92. The van der Waals surface area contributed by atoms with Gasteiger partial charge in [-0.25, -0.2) is 0 Å². The first-order valence-corrected chi connectivity index (χ1v) is 13.4. The second kappa shape index (κ2) is 7.30. The average molecular weight is 498 g/mol. The van der Waals surface area contributed by atoms with Crippen molar-refractivity contribution in [2.24, 2.45) is 0 Å². The van der Waals surface area contributed by atoms with Crippen LogP contribution < -0.4 is 0 Å². The Morgan fingerprint density at radius 2 is 1.21 bits per heavy atom. The Hall–Kier alpha value is -5.02. The molecular formula is C36H23N3. The smallest absolute Gasteiger partial charge is 0.168 e. The molecule has 3 heteroatoms. The lowest BCUT2D eigenvalue weighted by molar-refractivity contribution is 0.792. The van der Waals surface area contributed by atoms with Crippen molar-refractivity contribution in [3.05, 3.63) is 149 Å². The highest BCUT2D eigenvalue weighted by molar-refractivity contribution is 5.97. The van der Waals surface area contributed by atoms with Crippen LogP contribution in [0.3, 0.4) is 0 Å². The molecule has 2 aliphatic carbocycles. The van der Waals surface area contributed by atoms with Gasteiger partial charge in [-0.3, -0.25) is 4.40 Å². The predicted octanol–water partition coefficient (Wildman–Crippen LogP) is 8.20. The summed E-state index contributed by atoms with van der Waals surface area (Å²) in [4.78, 5) is 0. The maximum Gasteiger partial charge on any atom is 0.168 e. The normalized spacial score (nSPS) is 14.0. The first-order chi connectivity index (χ1) is 19.2. The van der Waals surface area contributed by atoms with Gasteiger partial charge in [0, 0.05) is 17.1 Å². The summed E-state index contributed by atoms with van der Waals surface area (Å²) in [6.45, 7) is 2.20. The Morgan fingerprint density at radius 1 is 0.564 bits per heavy atom. The lowest BCUT2D eigenvalue weighted by Gasteiger charge is -2.30. The fourth-order valence-electron chi connectivity index (χ4n) is 7.21. The van der Waals surface area contributed by atoms with Gasteiger partial charge in [-0.1, -0.05) is 109 Å². The molecule has 0 bridgehead atoms. The van der Waals surface area contributed by atoms with E-state index in [1.807, 2.05) is 0 Å². The van der Waals surface area contributed by atoms with Gasteiger partial charge in [0.25, 0.3) is 0 Å². The van der Waals surface area contributed by atoms with E-state index in [1.54, 1.807) is 0 Å². The zero-order valence-corrected chi connectivity index (χ0v) is 21.4. The van der Waals surface area contributed by atoms with Crippen LogP contribution >= 0.6 is 0 Å². The minimum absolute atomic E-state index is 0.368. The summed E-state index contributed by atoms with van der Waals surface area (Å²) in [5.74, 6) is 0.861. The number of pyridine rings is 1. The summed E-state index contributed by atoms with van der Waals surface area (Å²) < 4.78 is 2.12. The first-order valence-electron chi connectivity index (χ1n) is 13.4. The maximum absolute atomic E-state index is 4.72. The van der Waals surface area contributed by atoms with Crippen molar-refractivity contribution >= 4 is 16.4 Å². The molecule has 0 saturated carbocycles. The summed E-state index contributed by atoms with van der Waals surface area (Å²) in [7, 11) is 0. The molecule has 2 heterocycles. The summed E-state index contributed by atoms with van der Waals surface area (Å²) in [5.41, 5.74) is 13.5. The van der Waals surface area contributed by atoms with E-state index in [1.165, 1.54) is 55.5 Å². The number of hydrogen-bond acceptors (Lipinski definition) is 2. The van der Waals surface area contributed by atoms with Gasteiger partial charge in [-0.05, 0) is 69.0 Å². The highest BCUT2D eigenvalue weighted by Crippen LogP contribution is 2.63. The fourth-order valence-corrected chi connectivity index (χ4v) is 7.21. The Bertz CT molecular complexity index is 2100. The summed E-state index contributed by atoms with van der Waals surface area (Å²) in [5, 5.41) is 11.6. The molecule has 9 rings (SSSR count). The standard InChI is InChI=1S/C36H23N3/c1-22-14-16-28-29-17-15-24(34-37-38-35-25-9-3-2-8-23(25)18-19-39(34)35)21-33(29)36(32(28)20-22)30-12-6-4-10-26(30)27-11-5-7-13-31(27)36/h2-21H,1H3. The number of aryl methyl sites for hydroxylation is 1. The Morgan fingerprint density at radius 3 is 2.00 bits per heavy atom. The quantitative estimate of drug-likeness (QED) is 0.229. The van der Waals surface area contributed by atoms with Crippen LogP contribution in [0.25, 0.3) is 50.1 Å². The van der Waals surface area contributed by atoms with Crippen LogP contribution in [-0.2, 0) is 5.41 Å². The van der Waals surface area contributed by atoms with E-state index in [0.717, 1.165) is 22.4 Å². The van der Waals surface area contributed by atoms with Crippen molar-refractivity contribution in [1.29, 1.82) is 0 Å². The number of aromatic nitrogens is 3. The Labute approximate surface area is 226 Å². The van der Waals surface area contributed by atoms with E-state index in [2.05, 4.69) is 138 Å². The number of hydrogen-bond donors (Lipinski definition) is 0.